The molecular weight excluding hydrogens is 226 g/mol. The van der Waals surface area contributed by atoms with Crippen molar-refractivity contribution in [2.45, 2.75) is 27.7 Å². The van der Waals surface area contributed by atoms with E-state index in [2.05, 4.69) is 43.3 Å². The quantitative estimate of drug-likeness (QED) is 0.862. The molecule has 0 radical (unpaired) electrons. The topological polar surface area (TPSA) is 54.0 Å². The van der Waals surface area contributed by atoms with Crippen LogP contribution in [0.3, 0.4) is 0 Å². The Morgan fingerprint density at radius 2 is 2.11 bits per heavy atom. The highest BCUT2D eigenvalue weighted by molar-refractivity contribution is 5.98. The molecule has 1 amide bonds. The summed E-state index contributed by atoms with van der Waals surface area (Å²) in [6.07, 6.45) is 1.67. The smallest absolute Gasteiger partial charge is 0.255 e. The van der Waals surface area contributed by atoms with Crippen molar-refractivity contribution < 1.29 is 4.79 Å². The van der Waals surface area contributed by atoms with Crippen LogP contribution in [0.2, 0.25) is 0 Å². The molecule has 4 heteroatoms. The van der Waals surface area contributed by atoms with E-state index >= 15 is 0 Å². The van der Waals surface area contributed by atoms with Gasteiger partial charge in [0, 0.05) is 19.8 Å². The first-order valence-electron chi connectivity index (χ1n) is 6.27. The van der Waals surface area contributed by atoms with Crippen LogP contribution in [-0.4, -0.2) is 24.5 Å². The van der Waals surface area contributed by atoms with E-state index in [-0.39, 0.29) is 11.3 Å². The van der Waals surface area contributed by atoms with E-state index in [1.807, 2.05) is 0 Å². The van der Waals surface area contributed by atoms with E-state index in [9.17, 15) is 4.79 Å². The van der Waals surface area contributed by atoms with E-state index in [4.69, 9.17) is 0 Å². The molecule has 4 nitrogen and oxygen atoms in total. The number of nitrogens with one attached hydrogen (secondary N) is 2. The van der Waals surface area contributed by atoms with Crippen LogP contribution >= 0.6 is 0 Å². The second kappa shape index (κ2) is 5.85. The minimum Gasteiger partial charge on any atom is -0.372 e. The van der Waals surface area contributed by atoms with Gasteiger partial charge in [0.1, 0.15) is 5.82 Å². The Balaban J connectivity index is 2.66. The molecule has 0 saturated carbocycles. The normalized spacial score (nSPS) is 12.9. The average molecular weight is 249 g/mol. The van der Waals surface area contributed by atoms with Crippen molar-refractivity contribution in [1.82, 2.24) is 10.3 Å². The van der Waals surface area contributed by atoms with Crippen LogP contribution in [0.4, 0.5) is 5.82 Å². The van der Waals surface area contributed by atoms with Crippen molar-refractivity contribution in [3.05, 3.63) is 23.9 Å². The summed E-state index contributed by atoms with van der Waals surface area (Å²) in [5.41, 5.74) is 0.773. The molecule has 1 atom stereocenters. The molecule has 0 aromatic carbocycles. The summed E-state index contributed by atoms with van der Waals surface area (Å²) in [6, 6.07) is 3.54. The Kier molecular flexibility index (Phi) is 4.70. The lowest BCUT2D eigenvalue weighted by molar-refractivity contribution is 0.0937. The minimum atomic E-state index is -0.0800. The van der Waals surface area contributed by atoms with E-state index < -0.39 is 0 Å². The van der Waals surface area contributed by atoms with Gasteiger partial charge in [0.2, 0.25) is 0 Å². The van der Waals surface area contributed by atoms with Gasteiger partial charge >= 0.3 is 0 Å². The molecule has 0 bridgehead atoms. The molecule has 100 valence electrons. The maximum atomic E-state index is 12.1. The van der Waals surface area contributed by atoms with Crippen molar-refractivity contribution in [2.75, 3.05) is 18.9 Å². The molecular formula is C14H23N3O. The van der Waals surface area contributed by atoms with Crippen LogP contribution in [0.15, 0.2) is 18.3 Å². The third-order valence-corrected chi connectivity index (χ3v) is 3.34. The van der Waals surface area contributed by atoms with Crippen molar-refractivity contribution in [1.29, 1.82) is 0 Å². The zero-order valence-electron chi connectivity index (χ0n) is 11.9. The van der Waals surface area contributed by atoms with Crippen LogP contribution in [0.1, 0.15) is 38.1 Å². The molecule has 0 fully saturated rings. The Morgan fingerprint density at radius 1 is 1.44 bits per heavy atom. The van der Waals surface area contributed by atoms with Gasteiger partial charge in [-0.3, -0.25) is 4.79 Å². The highest BCUT2D eigenvalue weighted by Crippen LogP contribution is 2.24. The molecule has 0 aliphatic carbocycles. The Hall–Kier alpha value is -1.58. The molecule has 1 heterocycles. The number of carbonyl (C=O) groups excluding carboxylic acids is 1. The van der Waals surface area contributed by atoms with Gasteiger partial charge in [-0.1, -0.05) is 27.7 Å². The van der Waals surface area contributed by atoms with Gasteiger partial charge < -0.3 is 10.6 Å². The first kappa shape index (κ1) is 14.5. The summed E-state index contributed by atoms with van der Waals surface area (Å²) >= 11 is 0. The average Bonchev–Trinajstić information content (AvgIpc) is 2.34. The summed E-state index contributed by atoms with van der Waals surface area (Å²) in [5.74, 6) is 0.943. The van der Waals surface area contributed by atoms with Crippen LogP contribution in [0.5, 0.6) is 0 Å². The van der Waals surface area contributed by atoms with Gasteiger partial charge in [0.15, 0.2) is 0 Å². The van der Waals surface area contributed by atoms with Gasteiger partial charge in [-0.2, -0.15) is 0 Å². The summed E-state index contributed by atoms with van der Waals surface area (Å²) < 4.78 is 0. The molecule has 1 unspecified atom stereocenters. The fourth-order valence-electron chi connectivity index (χ4n) is 1.43. The largest absolute Gasteiger partial charge is 0.372 e. The monoisotopic (exact) mass is 249 g/mol. The van der Waals surface area contributed by atoms with Crippen molar-refractivity contribution in [3.63, 3.8) is 0 Å². The molecule has 0 saturated heterocycles. The molecule has 2 N–H and O–H groups in total. The van der Waals surface area contributed by atoms with Crippen LogP contribution in [-0.2, 0) is 0 Å². The lowest BCUT2D eigenvalue weighted by Crippen LogP contribution is -2.34. The number of rotatable bonds is 4. The molecule has 0 spiro atoms. The van der Waals surface area contributed by atoms with Crippen LogP contribution in [0.25, 0.3) is 0 Å². The van der Waals surface area contributed by atoms with E-state index in [1.54, 1.807) is 25.4 Å². The number of nitrogens with zero attached hydrogens (tertiary/aromatic N) is 1. The predicted molar refractivity (Wildman–Crippen MR) is 74.7 cm³/mol. The van der Waals surface area contributed by atoms with Gasteiger partial charge in [-0.15, -0.1) is 0 Å². The minimum absolute atomic E-state index is 0.0800. The number of amides is 1. The highest BCUT2D eigenvalue weighted by Gasteiger charge is 2.21. The number of anilines is 1. The standard InChI is InChI=1S/C14H23N3O/c1-10(14(2,3)4)9-17-13(18)11-7-6-8-16-12(11)15-5/h6-8,10H,9H2,1-5H3,(H,15,16)(H,17,18). The van der Waals surface area contributed by atoms with E-state index in [0.29, 0.717) is 23.8 Å². The molecule has 1 rings (SSSR count). The van der Waals surface area contributed by atoms with E-state index in [1.165, 1.54) is 0 Å². The maximum absolute atomic E-state index is 12.1. The number of pyridine rings is 1. The van der Waals surface area contributed by atoms with Gasteiger partial charge in [0.25, 0.3) is 5.91 Å². The third-order valence-electron chi connectivity index (χ3n) is 3.34. The zero-order chi connectivity index (χ0) is 13.8. The number of hydrogen-bond acceptors (Lipinski definition) is 3. The first-order valence-corrected chi connectivity index (χ1v) is 6.27. The zero-order valence-corrected chi connectivity index (χ0v) is 11.9. The molecule has 0 aliphatic rings. The number of aromatic nitrogens is 1. The van der Waals surface area contributed by atoms with Gasteiger partial charge in [-0.05, 0) is 23.5 Å². The SMILES string of the molecule is CNc1ncccc1C(=O)NCC(C)C(C)(C)C. The maximum Gasteiger partial charge on any atom is 0.255 e. The molecule has 18 heavy (non-hydrogen) atoms. The number of hydrogen-bond donors (Lipinski definition) is 2. The third kappa shape index (κ3) is 3.72. The predicted octanol–water partition coefficient (Wildman–Crippen LogP) is 2.54. The number of carbonyl (C=O) groups is 1. The summed E-state index contributed by atoms with van der Waals surface area (Å²) in [6.45, 7) is 9.33. The summed E-state index contributed by atoms with van der Waals surface area (Å²) in [5, 5.41) is 5.88. The summed E-state index contributed by atoms with van der Waals surface area (Å²) in [4.78, 5) is 16.2. The second-order valence-electron chi connectivity index (χ2n) is 5.63. The van der Waals surface area contributed by atoms with Crippen LogP contribution < -0.4 is 10.6 Å². The fraction of sp³-hybridized carbons (Fsp3) is 0.571. The van der Waals surface area contributed by atoms with Crippen molar-refractivity contribution in [2.24, 2.45) is 11.3 Å². The van der Waals surface area contributed by atoms with Crippen molar-refractivity contribution >= 4 is 11.7 Å². The van der Waals surface area contributed by atoms with Crippen LogP contribution in [0, 0.1) is 11.3 Å². The Morgan fingerprint density at radius 3 is 2.67 bits per heavy atom. The van der Waals surface area contributed by atoms with Gasteiger partial charge in [-0.25, -0.2) is 4.98 Å². The molecule has 1 aromatic rings. The van der Waals surface area contributed by atoms with Gasteiger partial charge in [0.05, 0.1) is 5.56 Å². The fourth-order valence-corrected chi connectivity index (χ4v) is 1.43. The first-order chi connectivity index (χ1) is 8.36. The highest BCUT2D eigenvalue weighted by atomic mass is 16.1. The Labute approximate surface area is 109 Å². The summed E-state index contributed by atoms with van der Waals surface area (Å²) in [7, 11) is 1.76. The lowest BCUT2D eigenvalue weighted by atomic mass is 9.82. The van der Waals surface area contributed by atoms with Crippen molar-refractivity contribution in [3.8, 4) is 0 Å². The molecule has 1 aromatic heterocycles. The van der Waals surface area contributed by atoms with E-state index in [0.717, 1.165) is 0 Å². The molecule has 0 aliphatic heterocycles. The Bertz CT molecular complexity index is 410. The lowest BCUT2D eigenvalue weighted by Gasteiger charge is -2.27. The second-order valence-corrected chi connectivity index (χ2v) is 5.63.